The lowest BCUT2D eigenvalue weighted by Gasteiger charge is -2.32. The number of Topliss-reactive ketones (excluding diaryl/α,β-unsaturated/α-hetero) is 1. The number of carbonyl (C=O) groups is 1. The SMILES string of the molecule is CC1(C)CCCC2(OC2c2ccc(Cl)cc2)C1=O. The molecule has 0 radical (unpaired) electrons. The summed E-state index contributed by atoms with van der Waals surface area (Å²) in [6, 6.07) is 7.61. The molecule has 2 nitrogen and oxygen atoms in total. The van der Waals surface area contributed by atoms with Gasteiger partial charge >= 0.3 is 0 Å². The summed E-state index contributed by atoms with van der Waals surface area (Å²) in [5.41, 5.74) is 0.264. The number of ether oxygens (including phenoxy) is 1. The largest absolute Gasteiger partial charge is 0.353 e. The van der Waals surface area contributed by atoms with Crippen molar-refractivity contribution in [2.45, 2.75) is 44.8 Å². The minimum absolute atomic E-state index is 0.0677. The van der Waals surface area contributed by atoms with Gasteiger partial charge in [0.2, 0.25) is 0 Å². The van der Waals surface area contributed by atoms with Gasteiger partial charge in [-0.1, -0.05) is 37.6 Å². The van der Waals surface area contributed by atoms with E-state index >= 15 is 0 Å². The minimum atomic E-state index is -0.546. The second-order valence-electron chi connectivity index (χ2n) is 6.01. The van der Waals surface area contributed by atoms with Crippen LogP contribution in [0.2, 0.25) is 5.02 Å². The quantitative estimate of drug-likeness (QED) is 0.720. The Morgan fingerprint density at radius 1 is 1.22 bits per heavy atom. The van der Waals surface area contributed by atoms with E-state index in [2.05, 4.69) is 0 Å². The van der Waals surface area contributed by atoms with Crippen LogP contribution in [0.1, 0.15) is 44.8 Å². The average molecular weight is 265 g/mol. The molecular formula is C15H17ClO2. The topological polar surface area (TPSA) is 29.6 Å². The summed E-state index contributed by atoms with van der Waals surface area (Å²) in [5, 5.41) is 0.712. The molecule has 96 valence electrons. The van der Waals surface area contributed by atoms with Gasteiger partial charge in [-0.05, 0) is 37.0 Å². The summed E-state index contributed by atoms with van der Waals surface area (Å²) in [6.45, 7) is 4.05. The van der Waals surface area contributed by atoms with Crippen molar-refractivity contribution in [2.75, 3.05) is 0 Å². The first-order valence-electron chi connectivity index (χ1n) is 6.44. The molecular weight excluding hydrogens is 248 g/mol. The van der Waals surface area contributed by atoms with Gasteiger partial charge in [0.05, 0.1) is 0 Å². The molecule has 1 heterocycles. The predicted octanol–water partition coefficient (Wildman–Crippen LogP) is 3.93. The van der Waals surface area contributed by atoms with E-state index in [1.807, 2.05) is 38.1 Å². The van der Waals surface area contributed by atoms with Gasteiger partial charge in [0.15, 0.2) is 11.4 Å². The molecule has 1 spiro atoms. The van der Waals surface area contributed by atoms with Gasteiger partial charge in [-0.15, -0.1) is 0 Å². The summed E-state index contributed by atoms with van der Waals surface area (Å²) in [6.07, 6.45) is 2.80. The van der Waals surface area contributed by atoms with E-state index < -0.39 is 5.60 Å². The normalized spacial score (nSPS) is 33.7. The van der Waals surface area contributed by atoms with Crippen LogP contribution in [0.5, 0.6) is 0 Å². The molecule has 1 aromatic carbocycles. The fourth-order valence-electron chi connectivity index (χ4n) is 3.11. The van der Waals surface area contributed by atoms with E-state index in [1.54, 1.807) is 0 Å². The number of carbonyl (C=O) groups excluding carboxylic acids is 1. The number of hydrogen-bond acceptors (Lipinski definition) is 2. The molecule has 2 fully saturated rings. The molecule has 18 heavy (non-hydrogen) atoms. The van der Waals surface area contributed by atoms with E-state index in [1.165, 1.54) is 0 Å². The van der Waals surface area contributed by atoms with Crippen LogP contribution < -0.4 is 0 Å². The lowest BCUT2D eigenvalue weighted by molar-refractivity contribution is -0.135. The molecule has 0 aromatic heterocycles. The summed E-state index contributed by atoms with van der Waals surface area (Å²) >= 11 is 5.88. The molecule has 1 saturated heterocycles. The molecule has 3 heteroatoms. The van der Waals surface area contributed by atoms with Crippen molar-refractivity contribution in [3.63, 3.8) is 0 Å². The second-order valence-corrected chi connectivity index (χ2v) is 6.44. The molecule has 1 saturated carbocycles. The van der Waals surface area contributed by atoms with E-state index in [0.29, 0.717) is 5.02 Å². The van der Waals surface area contributed by atoms with Crippen LogP contribution >= 0.6 is 11.6 Å². The maximum absolute atomic E-state index is 12.5. The van der Waals surface area contributed by atoms with Gasteiger partial charge in [-0.2, -0.15) is 0 Å². The van der Waals surface area contributed by atoms with Gasteiger partial charge in [0.1, 0.15) is 6.10 Å². The van der Waals surface area contributed by atoms with Crippen LogP contribution in [-0.4, -0.2) is 11.4 Å². The first-order chi connectivity index (χ1) is 8.46. The first kappa shape index (κ1) is 12.2. The lowest BCUT2D eigenvalue weighted by atomic mass is 9.69. The zero-order valence-electron chi connectivity index (χ0n) is 10.7. The zero-order valence-corrected chi connectivity index (χ0v) is 11.5. The van der Waals surface area contributed by atoms with Crippen molar-refractivity contribution in [1.82, 2.24) is 0 Å². The van der Waals surface area contributed by atoms with Gasteiger partial charge < -0.3 is 4.74 Å². The third-order valence-electron chi connectivity index (χ3n) is 4.22. The standard InChI is InChI=1S/C15H17ClO2/c1-14(2)8-3-9-15(13(14)17)12(18-15)10-4-6-11(16)7-5-10/h4-7,12H,3,8-9H2,1-2H3. The molecule has 1 aliphatic carbocycles. The van der Waals surface area contributed by atoms with Crippen molar-refractivity contribution >= 4 is 17.4 Å². The number of benzene rings is 1. The Bertz CT molecular complexity index is 492. The van der Waals surface area contributed by atoms with Gasteiger partial charge in [-0.3, -0.25) is 4.79 Å². The van der Waals surface area contributed by atoms with E-state index in [0.717, 1.165) is 24.8 Å². The Kier molecular flexibility index (Phi) is 2.58. The Balaban J connectivity index is 1.87. The van der Waals surface area contributed by atoms with Crippen LogP contribution in [0.25, 0.3) is 0 Å². The third-order valence-corrected chi connectivity index (χ3v) is 4.47. The van der Waals surface area contributed by atoms with Gasteiger partial charge in [0.25, 0.3) is 0 Å². The Labute approximate surface area is 112 Å². The van der Waals surface area contributed by atoms with Crippen LogP contribution in [0, 0.1) is 5.41 Å². The highest BCUT2D eigenvalue weighted by Crippen LogP contribution is 2.59. The molecule has 1 aromatic rings. The highest BCUT2D eigenvalue weighted by molar-refractivity contribution is 6.30. The van der Waals surface area contributed by atoms with Crippen LogP contribution in [0.15, 0.2) is 24.3 Å². The van der Waals surface area contributed by atoms with Gasteiger partial charge in [0, 0.05) is 10.4 Å². The molecule has 0 bridgehead atoms. The molecule has 0 amide bonds. The third kappa shape index (κ3) is 1.70. The number of rotatable bonds is 1. The summed E-state index contributed by atoms with van der Waals surface area (Å²) < 4.78 is 5.83. The summed E-state index contributed by atoms with van der Waals surface area (Å²) in [4.78, 5) is 12.5. The van der Waals surface area contributed by atoms with Crippen molar-refractivity contribution in [2.24, 2.45) is 5.41 Å². The molecule has 1 aliphatic heterocycles. The number of epoxide rings is 1. The molecule has 2 aliphatic rings. The van der Waals surface area contributed by atoms with Crippen LogP contribution in [-0.2, 0) is 9.53 Å². The van der Waals surface area contributed by atoms with Crippen molar-refractivity contribution in [3.8, 4) is 0 Å². The smallest absolute Gasteiger partial charge is 0.173 e. The van der Waals surface area contributed by atoms with Crippen LogP contribution in [0.4, 0.5) is 0 Å². The second kappa shape index (κ2) is 3.82. The fourth-order valence-corrected chi connectivity index (χ4v) is 3.23. The summed E-state index contributed by atoms with van der Waals surface area (Å²) in [7, 11) is 0. The lowest BCUT2D eigenvalue weighted by Crippen LogP contribution is -2.41. The van der Waals surface area contributed by atoms with Crippen molar-refractivity contribution in [3.05, 3.63) is 34.9 Å². The number of halogens is 1. The van der Waals surface area contributed by atoms with Crippen molar-refractivity contribution in [1.29, 1.82) is 0 Å². The average Bonchev–Trinajstić information content (AvgIpc) is 3.03. The molecule has 0 N–H and O–H groups in total. The maximum Gasteiger partial charge on any atom is 0.173 e. The predicted molar refractivity (Wildman–Crippen MR) is 70.6 cm³/mol. The van der Waals surface area contributed by atoms with Crippen molar-refractivity contribution < 1.29 is 9.53 Å². The number of hydrogen-bond donors (Lipinski definition) is 0. The first-order valence-corrected chi connectivity index (χ1v) is 6.82. The fraction of sp³-hybridized carbons (Fsp3) is 0.533. The Morgan fingerprint density at radius 2 is 1.89 bits per heavy atom. The molecule has 2 atom stereocenters. The molecule has 2 unspecified atom stereocenters. The van der Waals surface area contributed by atoms with Crippen LogP contribution in [0.3, 0.4) is 0 Å². The zero-order chi connectivity index (χ0) is 13.0. The monoisotopic (exact) mass is 264 g/mol. The van der Waals surface area contributed by atoms with Gasteiger partial charge in [-0.25, -0.2) is 0 Å². The molecule has 3 rings (SSSR count). The number of ketones is 1. The summed E-state index contributed by atoms with van der Waals surface area (Å²) in [5.74, 6) is 0.265. The highest BCUT2D eigenvalue weighted by Gasteiger charge is 2.66. The van der Waals surface area contributed by atoms with E-state index in [-0.39, 0.29) is 17.3 Å². The minimum Gasteiger partial charge on any atom is -0.353 e. The van der Waals surface area contributed by atoms with E-state index in [9.17, 15) is 4.79 Å². The Hall–Kier alpha value is -0.860. The highest BCUT2D eigenvalue weighted by atomic mass is 35.5. The van der Waals surface area contributed by atoms with E-state index in [4.69, 9.17) is 16.3 Å². The maximum atomic E-state index is 12.5. The Morgan fingerprint density at radius 3 is 2.56 bits per heavy atom.